The third-order valence-corrected chi connectivity index (χ3v) is 6.44. The lowest BCUT2D eigenvalue weighted by Gasteiger charge is -2.08. The van der Waals surface area contributed by atoms with E-state index >= 15 is 0 Å². The van der Waals surface area contributed by atoms with E-state index < -0.39 is 10.4 Å². The molecule has 0 aromatic heterocycles. The zero-order valence-electron chi connectivity index (χ0n) is 18.5. The van der Waals surface area contributed by atoms with Gasteiger partial charge in [-0.05, 0) is 24.7 Å². The predicted molar refractivity (Wildman–Crippen MR) is 115 cm³/mol. The first-order chi connectivity index (χ1) is 12.9. The topological polar surface area (TPSA) is 52.6 Å². The van der Waals surface area contributed by atoms with E-state index in [0.717, 1.165) is 50.4 Å². The van der Waals surface area contributed by atoms with Crippen molar-refractivity contribution in [2.75, 3.05) is 13.2 Å². The van der Waals surface area contributed by atoms with Crippen LogP contribution in [0.5, 0.6) is 0 Å². The van der Waals surface area contributed by atoms with Gasteiger partial charge >= 0.3 is 10.4 Å². The fourth-order valence-corrected chi connectivity index (χ4v) is 3.73. The highest BCUT2D eigenvalue weighted by atomic mass is 32.3. The van der Waals surface area contributed by atoms with Crippen molar-refractivity contribution >= 4 is 10.4 Å². The van der Waals surface area contributed by atoms with Gasteiger partial charge < -0.3 is 0 Å². The number of hydrogen-bond acceptors (Lipinski definition) is 4. The molecular formula is C22H46O4S. The van der Waals surface area contributed by atoms with Crippen molar-refractivity contribution in [3.63, 3.8) is 0 Å². The van der Waals surface area contributed by atoms with E-state index in [9.17, 15) is 8.42 Å². The van der Waals surface area contributed by atoms with E-state index in [2.05, 4.69) is 27.7 Å². The quantitative estimate of drug-likeness (QED) is 0.203. The summed E-state index contributed by atoms with van der Waals surface area (Å²) in [7, 11) is -3.81. The second-order valence-electron chi connectivity index (χ2n) is 8.19. The molecule has 0 aromatic carbocycles. The Hall–Kier alpha value is -0.130. The summed E-state index contributed by atoms with van der Waals surface area (Å²) in [4.78, 5) is 0. The minimum Gasteiger partial charge on any atom is -0.248 e. The number of rotatable bonds is 20. The maximum atomic E-state index is 11.7. The molecule has 0 rings (SSSR count). The van der Waals surface area contributed by atoms with Crippen molar-refractivity contribution in [2.24, 2.45) is 11.8 Å². The van der Waals surface area contributed by atoms with Crippen molar-refractivity contribution < 1.29 is 16.8 Å². The highest BCUT2D eigenvalue weighted by Crippen LogP contribution is 2.15. The first-order valence-electron chi connectivity index (χ1n) is 11.4. The second kappa shape index (κ2) is 17.9. The van der Waals surface area contributed by atoms with E-state index in [4.69, 9.17) is 8.37 Å². The average Bonchev–Trinajstić information content (AvgIpc) is 2.65. The Morgan fingerprint density at radius 3 is 1.30 bits per heavy atom. The van der Waals surface area contributed by atoms with Crippen LogP contribution in [0.4, 0.5) is 0 Å². The summed E-state index contributed by atoms with van der Waals surface area (Å²) in [5.74, 6) is 1.64. The van der Waals surface area contributed by atoms with Crippen molar-refractivity contribution in [3.8, 4) is 0 Å². The van der Waals surface area contributed by atoms with Crippen LogP contribution in [0.1, 0.15) is 118 Å². The SMILES string of the molecule is CCC(C)CCCCCCCOS(=O)(=O)OCCCCCCCC(C)CC. The smallest absolute Gasteiger partial charge is 0.248 e. The molecule has 2 atom stereocenters. The van der Waals surface area contributed by atoms with E-state index in [1.807, 2.05) is 0 Å². The van der Waals surface area contributed by atoms with Crippen LogP contribution < -0.4 is 0 Å². The molecule has 0 spiro atoms. The van der Waals surface area contributed by atoms with Crippen molar-refractivity contribution in [1.29, 1.82) is 0 Å². The van der Waals surface area contributed by atoms with Crippen LogP contribution in [0.15, 0.2) is 0 Å². The molecule has 0 heterocycles. The molecular weight excluding hydrogens is 360 g/mol. The van der Waals surface area contributed by atoms with Gasteiger partial charge in [-0.25, -0.2) is 8.37 Å². The van der Waals surface area contributed by atoms with E-state index in [1.54, 1.807) is 0 Å². The molecule has 0 fully saturated rings. The Labute approximate surface area is 170 Å². The Balaban J connectivity index is 3.43. The molecule has 0 aromatic rings. The van der Waals surface area contributed by atoms with Gasteiger partial charge in [-0.15, -0.1) is 0 Å². The molecule has 4 nitrogen and oxygen atoms in total. The largest absolute Gasteiger partial charge is 0.399 e. The molecule has 0 bridgehead atoms. The number of hydrogen-bond donors (Lipinski definition) is 0. The average molecular weight is 407 g/mol. The van der Waals surface area contributed by atoms with Crippen molar-refractivity contribution in [2.45, 2.75) is 118 Å². The summed E-state index contributed by atoms with van der Waals surface area (Å²) in [5.41, 5.74) is 0. The molecule has 0 aliphatic heterocycles. The molecule has 0 saturated carbocycles. The van der Waals surface area contributed by atoms with Gasteiger partial charge in [0.25, 0.3) is 0 Å². The fourth-order valence-electron chi connectivity index (χ4n) is 3.01. The molecule has 0 aliphatic rings. The van der Waals surface area contributed by atoms with Crippen LogP contribution in [-0.4, -0.2) is 21.6 Å². The van der Waals surface area contributed by atoms with Crippen LogP contribution in [0, 0.1) is 11.8 Å². The standard InChI is InChI=1S/C22H46O4S/c1-5-21(3)17-13-9-7-11-15-19-25-27(23,24)26-20-16-12-8-10-14-18-22(4)6-2/h21-22H,5-20H2,1-4H3. The van der Waals surface area contributed by atoms with Gasteiger partial charge in [0.2, 0.25) is 0 Å². The zero-order valence-corrected chi connectivity index (χ0v) is 19.3. The van der Waals surface area contributed by atoms with E-state index in [1.165, 1.54) is 51.4 Å². The lowest BCUT2D eigenvalue weighted by molar-refractivity contribution is 0.207. The predicted octanol–water partition coefficient (Wildman–Crippen LogP) is 7.04. The van der Waals surface area contributed by atoms with Gasteiger partial charge in [-0.3, -0.25) is 0 Å². The maximum absolute atomic E-state index is 11.7. The summed E-state index contributed by atoms with van der Waals surface area (Å²) in [6, 6.07) is 0. The first kappa shape index (κ1) is 26.9. The minimum absolute atomic E-state index is 0.239. The highest BCUT2D eigenvalue weighted by Gasteiger charge is 2.11. The molecule has 0 N–H and O–H groups in total. The monoisotopic (exact) mass is 406 g/mol. The normalized spacial score (nSPS) is 14.4. The van der Waals surface area contributed by atoms with Gasteiger partial charge in [0.1, 0.15) is 0 Å². The van der Waals surface area contributed by atoms with E-state index in [-0.39, 0.29) is 13.2 Å². The summed E-state index contributed by atoms with van der Waals surface area (Å²) in [6.45, 7) is 9.55. The zero-order chi connectivity index (χ0) is 20.4. The first-order valence-corrected chi connectivity index (χ1v) is 12.8. The maximum Gasteiger partial charge on any atom is 0.399 e. The summed E-state index contributed by atoms with van der Waals surface area (Å²) >= 11 is 0. The van der Waals surface area contributed by atoms with Gasteiger partial charge in [0.15, 0.2) is 0 Å². The van der Waals surface area contributed by atoms with Crippen molar-refractivity contribution in [1.82, 2.24) is 0 Å². The van der Waals surface area contributed by atoms with Gasteiger partial charge in [0, 0.05) is 0 Å². The Kier molecular flexibility index (Phi) is 17.8. The molecule has 2 unspecified atom stereocenters. The van der Waals surface area contributed by atoms with Crippen LogP contribution in [0.3, 0.4) is 0 Å². The summed E-state index contributed by atoms with van der Waals surface area (Å²) in [5, 5.41) is 0. The van der Waals surface area contributed by atoms with Gasteiger partial charge in [0.05, 0.1) is 13.2 Å². The highest BCUT2D eigenvalue weighted by molar-refractivity contribution is 7.81. The molecule has 0 saturated heterocycles. The third kappa shape index (κ3) is 19.0. The molecule has 0 amide bonds. The van der Waals surface area contributed by atoms with Crippen LogP contribution in [-0.2, 0) is 18.8 Å². The molecule has 0 radical (unpaired) electrons. The third-order valence-electron chi connectivity index (χ3n) is 5.53. The van der Waals surface area contributed by atoms with Crippen LogP contribution >= 0.6 is 0 Å². The van der Waals surface area contributed by atoms with Crippen LogP contribution in [0.25, 0.3) is 0 Å². The van der Waals surface area contributed by atoms with Crippen molar-refractivity contribution in [3.05, 3.63) is 0 Å². The molecule has 5 heteroatoms. The van der Waals surface area contributed by atoms with Gasteiger partial charge in [-0.1, -0.05) is 105 Å². The van der Waals surface area contributed by atoms with Crippen LogP contribution in [0.2, 0.25) is 0 Å². The Bertz CT molecular complexity index is 377. The summed E-state index contributed by atoms with van der Waals surface area (Å²) in [6.07, 6.45) is 16.0. The Morgan fingerprint density at radius 2 is 0.926 bits per heavy atom. The second-order valence-corrected chi connectivity index (χ2v) is 9.48. The lowest BCUT2D eigenvalue weighted by atomic mass is 10.0. The Morgan fingerprint density at radius 1 is 0.593 bits per heavy atom. The summed E-state index contributed by atoms with van der Waals surface area (Å²) < 4.78 is 33.2. The molecule has 0 aliphatic carbocycles. The lowest BCUT2D eigenvalue weighted by Crippen LogP contribution is -2.12. The minimum atomic E-state index is -3.81. The molecule has 27 heavy (non-hydrogen) atoms. The fraction of sp³-hybridized carbons (Fsp3) is 1.00. The molecule has 164 valence electrons. The number of unbranched alkanes of at least 4 members (excludes halogenated alkanes) is 8. The van der Waals surface area contributed by atoms with E-state index in [0.29, 0.717) is 0 Å². The van der Waals surface area contributed by atoms with Gasteiger partial charge in [-0.2, -0.15) is 8.42 Å².